The van der Waals surface area contributed by atoms with Crippen LogP contribution in [0, 0.1) is 0 Å². The minimum Gasteiger partial charge on any atom is -0.379 e. The zero-order chi connectivity index (χ0) is 16.3. The largest absolute Gasteiger partial charge is 0.379 e. The molecule has 1 saturated heterocycles. The quantitative estimate of drug-likeness (QED) is 0.434. The van der Waals surface area contributed by atoms with Crippen LogP contribution in [0.4, 0.5) is 0 Å². The van der Waals surface area contributed by atoms with E-state index in [4.69, 9.17) is 21.1 Å². The number of halogens is 1. The number of hydrogen-bond acceptors (Lipinski definition) is 3. The summed E-state index contributed by atoms with van der Waals surface area (Å²) >= 11 is 5.99. The van der Waals surface area contributed by atoms with Crippen molar-refractivity contribution in [1.29, 1.82) is 0 Å². The van der Waals surface area contributed by atoms with Gasteiger partial charge in [-0.05, 0) is 37.5 Å². The maximum absolute atomic E-state index is 5.99. The maximum Gasteiger partial charge on any atom is 0.191 e. The van der Waals surface area contributed by atoms with E-state index < -0.39 is 0 Å². The number of nitrogens with one attached hydrogen (secondary N) is 2. The molecule has 5 nitrogen and oxygen atoms in total. The summed E-state index contributed by atoms with van der Waals surface area (Å²) in [4.78, 5) is 4.57. The van der Waals surface area contributed by atoms with E-state index in [9.17, 15) is 0 Å². The van der Waals surface area contributed by atoms with Crippen molar-refractivity contribution >= 4 is 17.6 Å². The van der Waals surface area contributed by atoms with Crippen molar-refractivity contribution in [2.24, 2.45) is 4.99 Å². The fourth-order valence-electron chi connectivity index (χ4n) is 2.32. The predicted octanol–water partition coefficient (Wildman–Crippen LogP) is 2.59. The van der Waals surface area contributed by atoms with Crippen LogP contribution in [0.15, 0.2) is 29.3 Å². The lowest BCUT2D eigenvalue weighted by Crippen LogP contribution is -2.38. The molecule has 1 aromatic carbocycles. The number of benzene rings is 1. The molecule has 0 bridgehead atoms. The Kier molecular flexibility index (Phi) is 8.21. The average Bonchev–Trinajstić information content (AvgIpc) is 3.05. The Bertz CT molecular complexity index is 490. The minimum atomic E-state index is 0.278. The van der Waals surface area contributed by atoms with E-state index in [1.165, 1.54) is 0 Å². The first-order valence-corrected chi connectivity index (χ1v) is 8.61. The summed E-state index contributed by atoms with van der Waals surface area (Å²) < 4.78 is 11.0. The van der Waals surface area contributed by atoms with Crippen LogP contribution in [0.25, 0.3) is 0 Å². The molecule has 1 aromatic rings. The molecule has 1 aliphatic heterocycles. The van der Waals surface area contributed by atoms with Crippen molar-refractivity contribution in [2.45, 2.75) is 32.4 Å². The number of guanidine groups is 1. The summed E-state index contributed by atoms with van der Waals surface area (Å²) in [6.07, 6.45) is 2.23. The fraction of sp³-hybridized carbons (Fsp3) is 0.588. The Hall–Kier alpha value is -1.30. The topological polar surface area (TPSA) is 54.9 Å². The summed E-state index contributed by atoms with van der Waals surface area (Å²) in [6, 6.07) is 7.77. The molecule has 0 aliphatic carbocycles. The molecule has 1 aliphatic rings. The lowest BCUT2D eigenvalue weighted by atomic mass is 10.2. The summed E-state index contributed by atoms with van der Waals surface area (Å²) in [5.74, 6) is 0.816. The molecule has 128 valence electrons. The summed E-state index contributed by atoms with van der Waals surface area (Å²) in [5, 5.41) is 7.31. The van der Waals surface area contributed by atoms with E-state index in [0.717, 1.165) is 62.3 Å². The Morgan fingerprint density at radius 1 is 1.43 bits per heavy atom. The predicted molar refractivity (Wildman–Crippen MR) is 94.1 cm³/mol. The van der Waals surface area contributed by atoms with Gasteiger partial charge in [-0.25, -0.2) is 4.99 Å². The van der Waals surface area contributed by atoms with E-state index in [0.29, 0.717) is 6.54 Å². The van der Waals surface area contributed by atoms with Gasteiger partial charge in [0.1, 0.15) is 0 Å². The molecule has 2 rings (SSSR count). The van der Waals surface area contributed by atoms with Crippen LogP contribution >= 0.6 is 11.6 Å². The molecule has 1 heterocycles. The van der Waals surface area contributed by atoms with Crippen LogP contribution in [-0.4, -0.2) is 45.0 Å². The third-order valence-corrected chi connectivity index (χ3v) is 3.74. The van der Waals surface area contributed by atoms with Gasteiger partial charge in [0.15, 0.2) is 5.96 Å². The van der Waals surface area contributed by atoms with Crippen molar-refractivity contribution in [1.82, 2.24) is 10.6 Å². The third kappa shape index (κ3) is 7.20. The molecule has 2 N–H and O–H groups in total. The highest BCUT2D eigenvalue weighted by Crippen LogP contribution is 2.11. The molecule has 0 aromatic heterocycles. The standard InChI is InChI=1S/C17H26ClN3O2/c1-2-19-17(21-12-14-5-3-6-15(18)11-14)20-8-4-9-23-16-7-10-22-13-16/h3,5-6,11,16H,2,4,7-10,12-13H2,1H3,(H2,19,20,21). The minimum absolute atomic E-state index is 0.278. The van der Waals surface area contributed by atoms with E-state index in [1.807, 2.05) is 24.3 Å². The highest BCUT2D eigenvalue weighted by atomic mass is 35.5. The summed E-state index contributed by atoms with van der Waals surface area (Å²) in [5.41, 5.74) is 1.10. The van der Waals surface area contributed by atoms with Crippen LogP contribution < -0.4 is 10.6 Å². The molecule has 1 atom stereocenters. The molecule has 1 unspecified atom stereocenters. The second kappa shape index (κ2) is 10.5. The fourth-order valence-corrected chi connectivity index (χ4v) is 2.53. The third-order valence-electron chi connectivity index (χ3n) is 3.51. The number of ether oxygens (including phenoxy) is 2. The van der Waals surface area contributed by atoms with Crippen molar-refractivity contribution < 1.29 is 9.47 Å². The van der Waals surface area contributed by atoms with Gasteiger partial charge < -0.3 is 20.1 Å². The van der Waals surface area contributed by atoms with Crippen LogP contribution in [-0.2, 0) is 16.0 Å². The van der Waals surface area contributed by atoms with Gasteiger partial charge in [0.25, 0.3) is 0 Å². The Morgan fingerprint density at radius 2 is 2.35 bits per heavy atom. The molecule has 0 amide bonds. The molecule has 6 heteroatoms. The lowest BCUT2D eigenvalue weighted by molar-refractivity contribution is 0.0420. The van der Waals surface area contributed by atoms with E-state index in [-0.39, 0.29) is 6.10 Å². The van der Waals surface area contributed by atoms with Crippen molar-refractivity contribution in [2.75, 3.05) is 32.9 Å². The molecular formula is C17H26ClN3O2. The first-order valence-electron chi connectivity index (χ1n) is 8.24. The second-order valence-corrected chi connectivity index (χ2v) is 5.90. The van der Waals surface area contributed by atoms with Crippen molar-refractivity contribution in [3.63, 3.8) is 0 Å². The Balaban J connectivity index is 1.68. The van der Waals surface area contributed by atoms with Crippen molar-refractivity contribution in [3.8, 4) is 0 Å². The first kappa shape index (κ1) is 18.0. The van der Waals surface area contributed by atoms with Gasteiger partial charge in [-0.2, -0.15) is 0 Å². The molecular weight excluding hydrogens is 314 g/mol. The zero-order valence-electron chi connectivity index (χ0n) is 13.7. The monoisotopic (exact) mass is 339 g/mol. The van der Waals surface area contributed by atoms with Gasteiger partial charge in [0.05, 0.1) is 19.3 Å². The van der Waals surface area contributed by atoms with Gasteiger partial charge in [-0.1, -0.05) is 23.7 Å². The number of hydrogen-bond donors (Lipinski definition) is 2. The van der Waals surface area contributed by atoms with E-state index >= 15 is 0 Å². The first-order chi connectivity index (χ1) is 11.3. The summed E-state index contributed by atoms with van der Waals surface area (Å²) in [6.45, 7) is 6.62. The zero-order valence-corrected chi connectivity index (χ0v) is 14.4. The molecule has 1 fully saturated rings. The summed E-state index contributed by atoms with van der Waals surface area (Å²) in [7, 11) is 0. The molecule has 0 radical (unpaired) electrons. The molecule has 23 heavy (non-hydrogen) atoms. The second-order valence-electron chi connectivity index (χ2n) is 5.46. The van der Waals surface area contributed by atoms with Gasteiger partial charge in [0.2, 0.25) is 0 Å². The highest BCUT2D eigenvalue weighted by Gasteiger charge is 2.15. The van der Waals surface area contributed by atoms with Gasteiger partial charge in [-0.3, -0.25) is 0 Å². The highest BCUT2D eigenvalue weighted by molar-refractivity contribution is 6.30. The average molecular weight is 340 g/mol. The Labute approximate surface area is 143 Å². The smallest absolute Gasteiger partial charge is 0.191 e. The van der Waals surface area contributed by atoms with Gasteiger partial charge >= 0.3 is 0 Å². The number of nitrogens with zero attached hydrogens (tertiary/aromatic N) is 1. The van der Waals surface area contributed by atoms with Gasteiger partial charge in [0, 0.05) is 31.3 Å². The van der Waals surface area contributed by atoms with E-state index in [2.05, 4.69) is 22.5 Å². The van der Waals surface area contributed by atoms with Gasteiger partial charge in [-0.15, -0.1) is 0 Å². The molecule has 0 saturated carbocycles. The van der Waals surface area contributed by atoms with Crippen molar-refractivity contribution in [3.05, 3.63) is 34.9 Å². The lowest BCUT2D eigenvalue weighted by Gasteiger charge is -2.13. The SMILES string of the molecule is CCNC(=NCc1cccc(Cl)c1)NCCCOC1CCOC1. The van der Waals surface area contributed by atoms with Crippen LogP contribution in [0.5, 0.6) is 0 Å². The number of aliphatic imine (C=N–C) groups is 1. The number of rotatable bonds is 8. The van der Waals surface area contributed by atoms with Crippen LogP contribution in [0.3, 0.4) is 0 Å². The van der Waals surface area contributed by atoms with Crippen LogP contribution in [0.2, 0.25) is 5.02 Å². The normalized spacial score (nSPS) is 18.2. The molecule has 0 spiro atoms. The van der Waals surface area contributed by atoms with Crippen LogP contribution in [0.1, 0.15) is 25.3 Å². The maximum atomic E-state index is 5.99. The Morgan fingerprint density at radius 3 is 3.09 bits per heavy atom. The van der Waals surface area contributed by atoms with E-state index in [1.54, 1.807) is 0 Å².